The van der Waals surface area contributed by atoms with Gasteiger partial charge in [-0.25, -0.2) is 4.98 Å². The second-order valence-corrected chi connectivity index (χ2v) is 4.36. The van der Waals surface area contributed by atoms with Gasteiger partial charge in [-0.1, -0.05) is 11.6 Å². The summed E-state index contributed by atoms with van der Waals surface area (Å²) < 4.78 is 1.44. The number of rotatable bonds is 2. The first-order valence-electron chi connectivity index (χ1n) is 5.51. The Kier molecular flexibility index (Phi) is 2.75. The fourth-order valence-electron chi connectivity index (χ4n) is 1.70. The van der Waals surface area contributed by atoms with Crippen molar-refractivity contribution in [2.45, 2.75) is 0 Å². The highest BCUT2D eigenvalue weighted by Crippen LogP contribution is 2.19. The normalized spacial score (nSPS) is 10.9. The lowest BCUT2D eigenvalue weighted by Gasteiger charge is -2.02. The number of aromatic nitrogens is 6. The lowest BCUT2D eigenvalue weighted by atomic mass is 10.3. The quantitative estimate of drug-likeness (QED) is 0.593. The van der Waals surface area contributed by atoms with E-state index in [1.807, 2.05) is 0 Å². The van der Waals surface area contributed by atoms with E-state index in [0.717, 1.165) is 0 Å². The zero-order valence-corrected chi connectivity index (χ0v) is 11.0. The maximum Gasteiger partial charge on any atom is 0.280 e. The highest BCUT2D eigenvalue weighted by molar-refractivity contribution is 6.33. The van der Waals surface area contributed by atoms with Crippen LogP contribution in [0.1, 0.15) is 10.5 Å². The minimum Gasteiger partial charge on any atom is -0.396 e. The van der Waals surface area contributed by atoms with Crippen LogP contribution in [-0.4, -0.2) is 35.6 Å². The van der Waals surface area contributed by atoms with E-state index in [-0.39, 0.29) is 22.5 Å². The minimum absolute atomic E-state index is 0.0321. The van der Waals surface area contributed by atoms with Gasteiger partial charge >= 0.3 is 0 Å². The van der Waals surface area contributed by atoms with E-state index < -0.39 is 5.91 Å². The molecule has 0 atom stereocenters. The molecule has 0 unspecified atom stereocenters. The van der Waals surface area contributed by atoms with Crippen molar-refractivity contribution in [3.63, 3.8) is 0 Å². The van der Waals surface area contributed by atoms with E-state index >= 15 is 0 Å². The van der Waals surface area contributed by atoms with E-state index in [4.69, 9.17) is 17.3 Å². The van der Waals surface area contributed by atoms with E-state index in [1.54, 1.807) is 7.05 Å². The fraction of sp³-hybridized carbons (Fsp3) is 0.100. The van der Waals surface area contributed by atoms with Crippen LogP contribution in [-0.2, 0) is 7.05 Å². The number of amides is 1. The van der Waals surface area contributed by atoms with Crippen molar-refractivity contribution >= 4 is 40.3 Å². The van der Waals surface area contributed by atoms with Crippen LogP contribution in [0, 0.1) is 0 Å². The Morgan fingerprint density at radius 2 is 2.30 bits per heavy atom. The summed E-state index contributed by atoms with van der Waals surface area (Å²) in [6.45, 7) is 0. The average molecular weight is 293 g/mol. The Morgan fingerprint density at radius 1 is 1.50 bits per heavy atom. The van der Waals surface area contributed by atoms with Gasteiger partial charge in [-0.15, -0.1) is 0 Å². The summed E-state index contributed by atoms with van der Waals surface area (Å²) in [6, 6.07) is 0. The van der Waals surface area contributed by atoms with Crippen LogP contribution in [0.25, 0.3) is 11.2 Å². The van der Waals surface area contributed by atoms with Crippen molar-refractivity contribution in [1.82, 2.24) is 29.7 Å². The molecular formula is C10H9ClN8O. The molecule has 0 spiro atoms. The number of fused-ring (bicyclic) bond motifs is 1. The summed E-state index contributed by atoms with van der Waals surface area (Å²) >= 11 is 5.95. The van der Waals surface area contributed by atoms with Gasteiger partial charge in [0, 0.05) is 13.2 Å². The minimum atomic E-state index is -0.519. The van der Waals surface area contributed by atoms with Gasteiger partial charge in [0.2, 0.25) is 5.95 Å². The number of nitrogen functional groups attached to an aromatic ring is 1. The molecule has 0 fully saturated rings. The molecule has 3 aromatic rings. The molecule has 4 N–H and O–H groups in total. The number of aryl methyl sites for hydroxylation is 1. The molecule has 3 rings (SSSR count). The molecule has 0 aromatic carbocycles. The Morgan fingerprint density at radius 3 is 3.00 bits per heavy atom. The first kappa shape index (κ1) is 12.4. The molecule has 3 aromatic heterocycles. The maximum absolute atomic E-state index is 12.0. The number of anilines is 2. The molecule has 9 nitrogen and oxygen atoms in total. The number of imidazole rings is 1. The topological polar surface area (TPSA) is 127 Å². The number of nitrogens with zero attached hydrogens (tertiary/aromatic N) is 5. The van der Waals surface area contributed by atoms with Crippen LogP contribution < -0.4 is 11.1 Å². The molecule has 102 valence electrons. The van der Waals surface area contributed by atoms with Crippen molar-refractivity contribution in [3.05, 3.63) is 23.4 Å². The highest BCUT2D eigenvalue weighted by Gasteiger charge is 2.16. The number of carbonyl (C=O) groups is 1. The molecule has 0 saturated carbocycles. The second kappa shape index (κ2) is 4.46. The molecular weight excluding hydrogens is 284 g/mol. The van der Waals surface area contributed by atoms with Crippen LogP contribution in [0.3, 0.4) is 0 Å². The number of H-pyrrole nitrogens is 1. The Balaban J connectivity index is 1.93. The number of nitrogens with one attached hydrogen (secondary N) is 2. The summed E-state index contributed by atoms with van der Waals surface area (Å²) in [4.78, 5) is 26.8. The van der Waals surface area contributed by atoms with Gasteiger partial charge in [-0.2, -0.15) is 15.1 Å². The predicted octanol–water partition coefficient (Wildman–Crippen LogP) is 0.574. The van der Waals surface area contributed by atoms with Gasteiger partial charge in [-0.05, 0) is 0 Å². The molecule has 0 radical (unpaired) electrons. The summed E-state index contributed by atoms with van der Waals surface area (Å²) in [5, 5.41) is 6.59. The standard InChI is InChI=1S/C10H9ClN8O/c1-19-2-4(12)5(18-19)9(20)17-10-15-7(11)6-8(16-10)14-3-13-6/h2-3H,12H2,1H3,(H2,13,14,15,16,17,20). The Bertz CT molecular complexity index is 807. The zero-order chi connectivity index (χ0) is 14.3. The van der Waals surface area contributed by atoms with Crippen molar-refractivity contribution in [2.24, 2.45) is 7.05 Å². The third kappa shape index (κ3) is 2.03. The molecule has 0 aliphatic heterocycles. The molecule has 20 heavy (non-hydrogen) atoms. The third-order valence-electron chi connectivity index (χ3n) is 2.54. The SMILES string of the molecule is Cn1cc(N)c(C(=O)Nc2nc(Cl)c3[nH]cnc3n2)n1. The van der Waals surface area contributed by atoms with Crippen LogP contribution in [0.2, 0.25) is 5.15 Å². The lowest BCUT2D eigenvalue weighted by Crippen LogP contribution is -2.16. The van der Waals surface area contributed by atoms with Gasteiger partial charge in [0.15, 0.2) is 16.5 Å². The van der Waals surface area contributed by atoms with Crippen molar-refractivity contribution < 1.29 is 4.79 Å². The number of carbonyl (C=O) groups excluding carboxylic acids is 1. The summed E-state index contributed by atoms with van der Waals surface area (Å²) in [5.41, 5.74) is 6.88. The second-order valence-electron chi connectivity index (χ2n) is 4.00. The lowest BCUT2D eigenvalue weighted by molar-refractivity contribution is 0.102. The van der Waals surface area contributed by atoms with Gasteiger partial charge < -0.3 is 10.7 Å². The van der Waals surface area contributed by atoms with Crippen molar-refractivity contribution in [3.8, 4) is 0 Å². The Hall–Kier alpha value is -2.68. The van der Waals surface area contributed by atoms with Gasteiger partial charge in [-0.3, -0.25) is 14.8 Å². The number of hydrogen-bond donors (Lipinski definition) is 3. The number of hydrogen-bond acceptors (Lipinski definition) is 6. The molecule has 0 aliphatic carbocycles. The van der Waals surface area contributed by atoms with E-state index in [1.165, 1.54) is 17.2 Å². The van der Waals surface area contributed by atoms with Gasteiger partial charge in [0.05, 0.1) is 12.0 Å². The fourth-order valence-corrected chi connectivity index (χ4v) is 1.92. The molecule has 1 amide bonds. The summed E-state index contributed by atoms with van der Waals surface area (Å²) in [5.74, 6) is -0.487. The van der Waals surface area contributed by atoms with Crippen LogP contribution in [0.15, 0.2) is 12.5 Å². The first-order valence-corrected chi connectivity index (χ1v) is 5.89. The monoisotopic (exact) mass is 292 g/mol. The predicted molar refractivity (Wildman–Crippen MR) is 72.3 cm³/mol. The summed E-state index contributed by atoms with van der Waals surface area (Å²) in [7, 11) is 1.66. The smallest absolute Gasteiger partial charge is 0.280 e. The molecule has 0 saturated heterocycles. The van der Waals surface area contributed by atoms with E-state index in [9.17, 15) is 4.79 Å². The molecule has 0 aliphatic rings. The van der Waals surface area contributed by atoms with Crippen molar-refractivity contribution in [2.75, 3.05) is 11.1 Å². The van der Waals surface area contributed by atoms with Crippen LogP contribution in [0.4, 0.5) is 11.6 Å². The molecule has 0 bridgehead atoms. The van der Waals surface area contributed by atoms with E-state index in [0.29, 0.717) is 11.2 Å². The van der Waals surface area contributed by atoms with Gasteiger partial charge in [0.1, 0.15) is 5.52 Å². The first-order chi connectivity index (χ1) is 9.54. The van der Waals surface area contributed by atoms with Crippen LogP contribution in [0.5, 0.6) is 0 Å². The third-order valence-corrected chi connectivity index (χ3v) is 2.81. The highest BCUT2D eigenvalue weighted by atomic mass is 35.5. The van der Waals surface area contributed by atoms with Crippen LogP contribution >= 0.6 is 11.6 Å². The zero-order valence-electron chi connectivity index (χ0n) is 10.3. The largest absolute Gasteiger partial charge is 0.396 e. The number of aromatic amines is 1. The maximum atomic E-state index is 12.0. The van der Waals surface area contributed by atoms with Gasteiger partial charge in [0.25, 0.3) is 5.91 Å². The number of halogens is 1. The molecule has 10 heteroatoms. The Labute approximate surface area is 117 Å². The van der Waals surface area contributed by atoms with Crippen molar-refractivity contribution in [1.29, 1.82) is 0 Å². The summed E-state index contributed by atoms with van der Waals surface area (Å²) in [6.07, 6.45) is 2.97. The molecule has 3 heterocycles. The van der Waals surface area contributed by atoms with E-state index in [2.05, 4.69) is 30.4 Å². The average Bonchev–Trinajstić information content (AvgIpc) is 2.95. The number of nitrogens with two attached hydrogens (primary N) is 1.